The van der Waals surface area contributed by atoms with E-state index in [-0.39, 0.29) is 5.91 Å². The molecule has 3 heterocycles. The van der Waals surface area contributed by atoms with Crippen molar-refractivity contribution in [2.75, 3.05) is 43.0 Å². The molecular weight excluding hydrogens is 366 g/mol. The zero-order valence-electron chi connectivity index (χ0n) is 16.3. The number of anilines is 2. The lowest BCUT2D eigenvalue weighted by atomic mass is 10.2. The predicted molar refractivity (Wildman–Crippen MR) is 111 cm³/mol. The number of piperazine rings is 1. The van der Waals surface area contributed by atoms with Crippen LogP contribution in [0, 0.1) is 0 Å². The van der Waals surface area contributed by atoms with E-state index >= 15 is 0 Å². The molecule has 3 aromatic rings. The highest BCUT2D eigenvalue weighted by atomic mass is 16.2. The fourth-order valence-corrected chi connectivity index (χ4v) is 3.31. The molecule has 0 N–H and O–H groups in total. The molecule has 0 aliphatic carbocycles. The molecule has 8 heteroatoms. The van der Waals surface area contributed by atoms with Crippen molar-refractivity contribution in [2.45, 2.75) is 6.54 Å². The number of amides is 1. The molecule has 4 rings (SSSR count). The standard InChI is InChI=1S/C21H23N7O/c1-26(16-17-6-3-2-4-7-17)19(29)18-8-11-24-21(25-18)28-14-12-27(13-15-28)20-22-9-5-10-23-20/h2-11H,12-16H2,1H3. The summed E-state index contributed by atoms with van der Waals surface area (Å²) in [6.45, 7) is 3.58. The predicted octanol–water partition coefficient (Wildman–Crippen LogP) is 1.87. The Morgan fingerprint density at radius 1 is 0.862 bits per heavy atom. The van der Waals surface area contributed by atoms with E-state index < -0.39 is 0 Å². The zero-order valence-corrected chi connectivity index (χ0v) is 16.3. The number of hydrogen-bond donors (Lipinski definition) is 0. The van der Waals surface area contributed by atoms with Gasteiger partial charge in [-0.25, -0.2) is 19.9 Å². The van der Waals surface area contributed by atoms with E-state index in [1.54, 1.807) is 36.6 Å². The third-order valence-electron chi connectivity index (χ3n) is 4.87. The van der Waals surface area contributed by atoms with Crippen molar-refractivity contribution < 1.29 is 4.79 Å². The van der Waals surface area contributed by atoms with Gasteiger partial charge in [0, 0.05) is 58.4 Å². The molecule has 148 valence electrons. The van der Waals surface area contributed by atoms with Crippen LogP contribution in [0.2, 0.25) is 0 Å². The molecule has 1 amide bonds. The monoisotopic (exact) mass is 389 g/mol. The molecule has 2 aromatic heterocycles. The minimum atomic E-state index is -0.117. The molecule has 0 spiro atoms. The van der Waals surface area contributed by atoms with Crippen molar-refractivity contribution >= 4 is 17.8 Å². The molecule has 1 aliphatic rings. The van der Waals surface area contributed by atoms with Gasteiger partial charge in [0.05, 0.1) is 0 Å². The summed E-state index contributed by atoms with van der Waals surface area (Å²) >= 11 is 0. The highest BCUT2D eigenvalue weighted by molar-refractivity contribution is 5.92. The SMILES string of the molecule is CN(Cc1ccccc1)C(=O)c1ccnc(N2CCN(c3ncccn3)CC2)n1. The number of benzene rings is 1. The second kappa shape index (κ2) is 8.64. The fourth-order valence-electron chi connectivity index (χ4n) is 3.31. The molecule has 29 heavy (non-hydrogen) atoms. The van der Waals surface area contributed by atoms with Crippen molar-refractivity contribution in [1.82, 2.24) is 24.8 Å². The Hall–Kier alpha value is -3.55. The molecule has 1 fully saturated rings. The Kier molecular flexibility index (Phi) is 5.60. The van der Waals surface area contributed by atoms with Crippen molar-refractivity contribution in [3.63, 3.8) is 0 Å². The van der Waals surface area contributed by atoms with Gasteiger partial charge in [0.25, 0.3) is 5.91 Å². The van der Waals surface area contributed by atoms with Crippen molar-refractivity contribution in [2.24, 2.45) is 0 Å². The van der Waals surface area contributed by atoms with Crippen LogP contribution in [0.5, 0.6) is 0 Å². The lowest BCUT2D eigenvalue weighted by Gasteiger charge is -2.34. The molecule has 1 aliphatic heterocycles. The largest absolute Gasteiger partial charge is 0.337 e. The van der Waals surface area contributed by atoms with Crippen LogP contribution in [0.4, 0.5) is 11.9 Å². The van der Waals surface area contributed by atoms with Gasteiger partial charge < -0.3 is 14.7 Å². The lowest BCUT2D eigenvalue weighted by Crippen LogP contribution is -2.47. The van der Waals surface area contributed by atoms with Crippen LogP contribution in [0.1, 0.15) is 16.1 Å². The molecule has 1 saturated heterocycles. The quantitative estimate of drug-likeness (QED) is 0.659. The van der Waals surface area contributed by atoms with Crippen LogP contribution in [-0.2, 0) is 6.54 Å². The molecule has 0 radical (unpaired) electrons. The van der Waals surface area contributed by atoms with E-state index in [2.05, 4.69) is 29.7 Å². The van der Waals surface area contributed by atoms with Crippen molar-refractivity contribution in [1.29, 1.82) is 0 Å². The molecule has 8 nitrogen and oxygen atoms in total. The Morgan fingerprint density at radius 2 is 1.48 bits per heavy atom. The summed E-state index contributed by atoms with van der Waals surface area (Å²) < 4.78 is 0. The van der Waals surface area contributed by atoms with Gasteiger partial charge in [-0.3, -0.25) is 4.79 Å². The minimum absolute atomic E-state index is 0.117. The van der Waals surface area contributed by atoms with E-state index in [9.17, 15) is 4.79 Å². The average molecular weight is 389 g/mol. The molecule has 0 bridgehead atoms. The van der Waals surface area contributed by atoms with Gasteiger partial charge in [0.1, 0.15) is 5.69 Å². The number of hydrogen-bond acceptors (Lipinski definition) is 7. The maximum atomic E-state index is 12.8. The second-order valence-electron chi connectivity index (χ2n) is 6.91. The second-order valence-corrected chi connectivity index (χ2v) is 6.91. The van der Waals surface area contributed by atoms with Gasteiger partial charge in [-0.2, -0.15) is 0 Å². The van der Waals surface area contributed by atoms with Gasteiger partial charge in [-0.15, -0.1) is 0 Å². The summed E-state index contributed by atoms with van der Waals surface area (Å²) in [4.78, 5) is 36.2. The van der Waals surface area contributed by atoms with E-state index in [1.807, 2.05) is 36.4 Å². The zero-order chi connectivity index (χ0) is 20.1. The number of nitrogens with zero attached hydrogens (tertiary/aromatic N) is 7. The number of carbonyl (C=O) groups excluding carboxylic acids is 1. The number of carbonyl (C=O) groups is 1. The van der Waals surface area contributed by atoms with Gasteiger partial charge in [-0.1, -0.05) is 30.3 Å². The summed E-state index contributed by atoms with van der Waals surface area (Å²) in [5, 5.41) is 0. The van der Waals surface area contributed by atoms with Crippen LogP contribution < -0.4 is 9.80 Å². The minimum Gasteiger partial charge on any atom is -0.337 e. The smallest absolute Gasteiger partial charge is 0.272 e. The van der Waals surface area contributed by atoms with Crippen LogP contribution in [0.25, 0.3) is 0 Å². The summed E-state index contributed by atoms with van der Waals surface area (Å²) in [5.74, 6) is 1.20. The Bertz CT molecular complexity index is 944. The molecule has 0 unspecified atom stereocenters. The van der Waals surface area contributed by atoms with Gasteiger partial charge in [0.15, 0.2) is 0 Å². The van der Waals surface area contributed by atoms with Gasteiger partial charge in [-0.05, 0) is 17.7 Å². The summed E-state index contributed by atoms with van der Waals surface area (Å²) in [7, 11) is 1.79. The highest BCUT2D eigenvalue weighted by Crippen LogP contribution is 2.15. The maximum Gasteiger partial charge on any atom is 0.272 e. The number of rotatable bonds is 5. The van der Waals surface area contributed by atoms with Crippen LogP contribution in [0.3, 0.4) is 0 Å². The summed E-state index contributed by atoms with van der Waals surface area (Å²) in [6, 6.07) is 13.4. The van der Waals surface area contributed by atoms with E-state index in [4.69, 9.17) is 0 Å². The van der Waals surface area contributed by atoms with E-state index in [0.29, 0.717) is 18.2 Å². The average Bonchev–Trinajstić information content (AvgIpc) is 2.80. The van der Waals surface area contributed by atoms with Crippen LogP contribution in [0.15, 0.2) is 61.1 Å². The van der Waals surface area contributed by atoms with Crippen molar-refractivity contribution in [3.05, 3.63) is 72.3 Å². The molecule has 0 atom stereocenters. The Balaban J connectivity index is 1.40. The highest BCUT2D eigenvalue weighted by Gasteiger charge is 2.22. The molecular formula is C21H23N7O. The van der Waals surface area contributed by atoms with Gasteiger partial charge in [0.2, 0.25) is 11.9 Å². The number of aromatic nitrogens is 4. The van der Waals surface area contributed by atoms with E-state index in [1.165, 1.54) is 0 Å². The van der Waals surface area contributed by atoms with Gasteiger partial charge >= 0.3 is 0 Å². The van der Waals surface area contributed by atoms with Crippen LogP contribution in [-0.4, -0.2) is 64.0 Å². The summed E-state index contributed by atoms with van der Waals surface area (Å²) in [6.07, 6.45) is 5.15. The van der Waals surface area contributed by atoms with E-state index in [0.717, 1.165) is 37.7 Å². The first-order valence-corrected chi connectivity index (χ1v) is 9.60. The third kappa shape index (κ3) is 4.48. The maximum absolute atomic E-state index is 12.8. The molecule has 1 aromatic carbocycles. The fraction of sp³-hybridized carbons (Fsp3) is 0.286. The molecule has 0 saturated carbocycles. The first-order valence-electron chi connectivity index (χ1n) is 9.60. The topological polar surface area (TPSA) is 78.4 Å². The first-order chi connectivity index (χ1) is 14.2. The normalized spacial score (nSPS) is 14.0. The third-order valence-corrected chi connectivity index (χ3v) is 4.87. The van der Waals surface area contributed by atoms with Crippen molar-refractivity contribution in [3.8, 4) is 0 Å². The Labute approximate surface area is 169 Å². The Morgan fingerprint density at radius 3 is 2.17 bits per heavy atom. The lowest BCUT2D eigenvalue weighted by molar-refractivity contribution is 0.0779. The summed E-state index contributed by atoms with van der Waals surface area (Å²) in [5.41, 5.74) is 1.49. The first kappa shape index (κ1) is 18.8. The van der Waals surface area contributed by atoms with Crippen LogP contribution >= 0.6 is 0 Å².